The van der Waals surface area contributed by atoms with E-state index in [2.05, 4.69) is 15.2 Å². The standard InChI is InChI=1S/C18H19ClN6O2/c1-11-17(12(2)27-23-11)18-20-6-5-14(22-18)15-4-3-7-25(15)16(26)10-24-9-13(19)8-21-24/h5-6,8-9,15H,3-4,7,10H2,1-2H3. The van der Waals surface area contributed by atoms with Crippen LogP contribution in [0.1, 0.15) is 36.0 Å². The maximum atomic E-state index is 12.8. The Hall–Kier alpha value is -2.74. The predicted octanol–water partition coefficient (Wildman–Crippen LogP) is 2.96. The monoisotopic (exact) mass is 386 g/mol. The fourth-order valence-electron chi connectivity index (χ4n) is 3.51. The number of aromatic nitrogens is 5. The minimum atomic E-state index is -0.0780. The van der Waals surface area contributed by atoms with Gasteiger partial charge in [0.05, 0.1) is 34.2 Å². The molecule has 0 aromatic carbocycles. The van der Waals surface area contributed by atoms with Crippen LogP contribution in [-0.2, 0) is 11.3 Å². The number of nitrogens with zero attached hydrogens (tertiary/aromatic N) is 6. The molecule has 9 heteroatoms. The van der Waals surface area contributed by atoms with E-state index in [0.717, 1.165) is 29.8 Å². The summed E-state index contributed by atoms with van der Waals surface area (Å²) in [4.78, 5) is 23.7. The molecule has 0 aliphatic carbocycles. The Morgan fingerprint density at radius 1 is 1.41 bits per heavy atom. The Labute approximate surface area is 161 Å². The van der Waals surface area contributed by atoms with Crippen LogP contribution in [0.3, 0.4) is 0 Å². The van der Waals surface area contributed by atoms with Crippen molar-refractivity contribution >= 4 is 17.5 Å². The molecule has 140 valence electrons. The Morgan fingerprint density at radius 3 is 2.96 bits per heavy atom. The second-order valence-electron chi connectivity index (χ2n) is 6.61. The van der Waals surface area contributed by atoms with Crippen molar-refractivity contribution in [2.24, 2.45) is 0 Å². The van der Waals surface area contributed by atoms with Gasteiger partial charge in [0.2, 0.25) is 5.91 Å². The number of aryl methyl sites for hydroxylation is 2. The number of likely N-dealkylation sites (tertiary alicyclic amines) is 1. The van der Waals surface area contributed by atoms with Crippen molar-refractivity contribution in [3.63, 3.8) is 0 Å². The summed E-state index contributed by atoms with van der Waals surface area (Å²) in [6, 6.07) is 1.79. The average molecular weight is 387 g/mol. The van der Waals surface area contributed by atoms with Crippen molar-refractivity contribution in [3.8, 4) is 11.4 Å². The summed E-state index contributed by atoms with van der Waals surface area (Å²) >= 11 is 5.88. The third-order valence-electron chi connectivity index (χ3n) is 4.75. The molecule has 0 radical (unpaired) electrons. The molecule has 27 heavy (non-hydrogen) atoms. The van der Waals surface area contributed by atoms with Crippen LogP contribution < -0.4 is 0 Å². The Balaban J connectivity index is 1.59. The van der Waals surface area contributed by atoms with E-state index in [1.807, 2.05) is 24.8 Å². The minimum Gasteiger partial charge on any atom is -0.361 e. The molecule has 1 saturated heterocycles. The molecule has 8 nitrogen and oxygen atoms in total. The third-order valence-corrected chi connectivity index (χ3v) is 4.94. The average Bonchev–Trinajstić information content (AvgIpc) is 3.36. The Morgan fingerprint density at radius 2 is 2.26 bits per heavy atom. The number of halogens is 1. The number of carbonyl (C=O) groups is 1. The van der Waals surface area contributed by atoms with Crippen molar-refractivity contribution in [1.82, 2.24) is 29.8 Å². The van der Waals surface area contributed by atoms with Gasteiger partial charge < -0.3 is 9.42 Å². The molecule has 0 N–H and O–H groups in total. The van der Waals surface area contributed by atoms with Crippen LogP contribution in [0, 0.1) is 13.8 Å². The molecular weight excluding hydrogens is 368 g/mol. The van der Waals surface area contributed by atoms with Crippen molar-refractivity contribution in [3.05, 3.63) is 46.8 Å². The first-order valence-corrected chi connectivity index (χ1v) is 9.14. The zero-order chi connectivity index (χ0) is 19.0. The predicted molar refractivity (Wildman–Crippen MR) is 97.9 cm³/mol. The molecule has 4 rings (SSSR count). The Bertz CT molecular complexity index is 962. The fraction of sp³-hybridized carbons (Fsp3) is 0.389. The van der Waals surface area contributed by atoms with Gasteiger partial charge in [0.25, 0.3) is 0 Å². The molecule has 1 fully saturated rings. The molecule has 0 saturated carbocycles. The number of amides is 1. The topological polar surface area (TPSA) is 89.9 Å². The quantitative estimate of drug-likeness (QED) is 0.684. The van der Waals surface area contributed by atoms with E-state index in [1.54, 1.807) is 17.1 Å². The third kappa shape index (κ3) is 3.44. The largest absolute Gasteiger partial charge is 0.361 e. The van der Waals surface area contributed by atoms with Crippen molar-refractivity contribution < 1.29 is 9.32 Å². The minimum absolute atomic E-state index is 0.00484. The second kappa shape index (κ2) is 7.11. The highest BCUT2D eigenvalue weighted by molar-refractivity contribution is 6.30. The van der Waals surface area contributed by atoms with Crippen LogP contribution in [0.25, 0.3) is 11.4 Å². The first-order chi connectivity index (χ1) is 13.0. The van der Waals surface area contributed by atoms with Gasteiger partial charge in [-0.2, -0.15) is 5.10 Å². The summed E-state index contributed by atoms with van der Waals surface area (Å²) in [7, 11) is 0. The number of hydrogen-bond donors (Lipinski definition) is 0. The van der Waals surface area contributed by atoms with Gasteiger partial charge in [0, 0.05) is 18.9 Å². The lowest BCUT2D eigenvalue weighted by Gasteiger charge is -2.24. The van der Waals surface area contributed by atoms with Gasteiger partial charge in [0.1, 0.15) is 12.3 Å². The molecule has 3 aromatic rings. The highest BCUT2D eigenvalue weighted by Gasteiger charge is 2.31. The fourth-order valence-corrected chi connectivity index (χ4v) is 3.66. The van der Waals surface area contributed by atoms with Crippen molar-refractivity contribution in [2.75, 3.05) is 6.54 Å². The molecule has 1 unspecified atom stereocenters. The molecule has 1 amide bonds. The molecule has 0 bridgehead atoms. The molecular formula is C18H19ClN6O2. The van der Waals surface area contributed by atoms with Gasteiger partial charge >= 0.3 is 0 Å². The van der Waals surface area contributed by atoms with Crippen molar-refractivity contribution in [2.45, 2.75) is 39.3 Å². The maximum Gasteiger partial charge on any atom is 0.244 e. The smallest absolute Gasteiger partial charge is 0.244 e. The van der Waals surface area contributed by atoms with E-state index in [-0.39, 0.29) is 18.5 Å². The summed E-state index contributed by atoms with van der Waals surface area (Å²) < 4.78 is 6.78. The van der Waals surface area contributed by atoms with E-state index < -0.39 is 0 Å². The first-order valence-electron chi connectivity index (χ1n) is 8.76. The molecule has 3 aromatic heterocycles. The summed E-state index contributed by atoms with van der Waals surface area (Å²) in [5, 5.41) is 8.57. The van der Waals surface area contributed by atoms with E-state index in [1.165, 1.54) is 6.20 Å². The SMILES string of the molecule is Cc1noc(C)c1-c1nccc(C2CCCN2C(=O)Cn2cc(Cl)cn2)n1. The lowest BCUT2D eigenvalue weighted by Crippen LogP contribution is -2.34. The van der Waals surface area contributed by atoms with E-state index >= 15 is 0 Å². The number of rotatable bonds is 4. The highest BCUT2D eigenvalue weighted by Crippen LogP contribution is 2.32. The number of carbonyl (C=O) groups excluding carboxylic acids is 1. The normalized spacial score (nSPS) is 16.9. The molecule has 1 aliphatic heterocycles. The first kappa shape index (κ1) is 17.7. The number of hydrogen-bond acceptors (Lipinski definition) is 6. The lowest BCUT2D eigenvalue weighted by molar-refractivity contribution is -0.133. The van der Waals surface area contributed by atoms with Crippen LogP contribution in [0.4, 0.5) is 0 Å². The van der Waals surface area contributed by atoms with E-state index in [9.17, 15) is 4.79 Å². The van der Waals surface area contributed by atoms with Crippen LogP contribution in [0.5, 0.6) is 0 Å². The summed E-state index contributed by atoms with van der Waals surface area (Å²) in [5.41, 5.74) is 2.38. The molecule has 0 spiro atoms. The van der Waals surface area contributed by atoms with Gasteiger partial charge in [-0.1, -0.05) is 16.8 Å². The summed E-state index contributed by atoms with van der Waals surface area (Å²) in [6.07, 6.45) is 6.68. The molecule has 4 heterocycles. The van der Waals surface area contributed by atoms with Crippen LogP contribution in [0.2, 0.25) is 5.02 Å². The summed E-state index contributed by atoms with van der Waals surface area (Å²) in [5.74, 6) is 1.25. The van der Waals surface area contributed by atoms with Crippen molar-refractivity contribution in [1.29, 1.82) is 0 Å². The molecule has 1 atom stereocenters. The molecule has 1 aliphatic rings. The second-order valence-corrected chi connectivity index (χ2v) is 7.04. The van der Waals surface area contributed by atoms with Crippen LogP contribution in [0.15, 0.2) is 29.2 Å². The van der Waals surface area contributed by atoms with E-state index in [0.29, 0.717) is 23.2 Å². The summed E-state index contributed by atoms with van der Waals surface area (Å²) in [6.45, 7) is 4.56. The zero-order valence-corrected chi connectivity index (χ0v) is 15.8. The van der Waals surface area contributed by atoms with Crippen LogP contribution >= 0.6 is 11.6 Å². The lowest BCUT2D eigenvalue weighted by atomic mass is 10.1. The van der Waals surface area contributed by atoms with Gasteiger partial charge in [0.15, 0.2) is 5.82 Å². The zero-order valence-electron chi connectivity index (χ0n) is 15.1. The van der Waals surface area contributed by atoms with Gasteiger partial charge in [-0.05, 0) is 32.8 Å². The van der Waals surface area contributed by atoms with Gasteiger partial charge in [-0.15, -0.1) is 0 Å². The Kier molecular flexibility index (Phi) is 4.65. The van der Waals surface area contributed by atoms with Gasteiger partial charge in [-0.3, -0.25) is 9.48 Å². The van der Waals surface area contributed by atoms with Crippen LogP contribution in [-0.4, -0.2) is 42.3 Å². The van der Waals surface area contributed by atoms with E-state index in [4.69, 9.17) is 21.1 Å². The maximum absolute atomic E-state index is 12.8. The highest BCUT2D eigenvalue weighted by atomic mass is 35.5. The van der Waals surface area contributed by atoms with Gasteiger partial charge in [-0.25, -0.2) is 9.97 Å².